The van der Waals surface area contributed by atoms with E-state index in [1.54, 1.807) is 0 Å². The van der Waals surface area contributed by atoms with Crippen LogP contribution in [-0.4, -0.2) is 50.5 Å². The van der Waals surface area contributed by atoms with Gasteiger partial charge in [0.1, 0.15) is 13.6 Å². The standard InChI is InChI=1S/C11H7BF6O5S/c12-7-3-1-2-6(4-7)8(19)23-9(10(13,14)15,11(16,17)18)5-24(20,21)22/h1-4H,5H2,(H,20,21,22). The zero-order chi connectivity index (χ0) is 19.0. The lowest BCUT2D eigenvalue weighted by atomic mass is 9.94. The number of carbonyl (C=O) groups is 1. The third-order valence-electron chi connectivity index (χ3n) is 2.69. The van der Waals surface area contributed by atoms with E-state index in [4.69, 9.17) is 12.4 Å². The van der Waals surface area contributed by atoms with Crippen LogP contribution in [0.4, 0.5) is 26.3 Å². The van der Waals surface area contributed by atoms with Crippen molar-refractivity contribution in [1.82, 2.24) is 0 Å². The van der Waals surface area contributed by atoms with Gasteiger partial charge in [-0.3, -0.25) is 4.55 Å². The molecule has 0 atom stereocenters. The van der Waals surface area contributed by atoms with Gasteiger partial charge in [0, 0.05) is 0 Å². The molecule has 5 nitrogen and oxygen atoms in total. The summed E-state index contributed by atoms with van der Waals surface area (Å²) in [7, 11) is -0.581. The van der Waals surface area contributed by atoms with Gasteiger partial charge in [0.05, 0.1) is 5.56 Å². The fraction of sp³-hybridized carbons (Fsp3) is 0.364. The van der Waals surface area contributed by atoms with Gasteiger partial charge in [-0.2, -0.15) is 34.8 Å². The second kappa shape index (κ2) is 6.28. The van der Waals surface area contributed by atoms with E-state index < -0.39 is 45.4 Å². The van der Waals surface area contributed by atoms with Crippen molar-refractivity contribution in [3.63, 3.8) is 0 Å². The van der Waals surface area contributed by atoms with Crippen LogP contribution >= 0.6 is 0 Å². The molecule has 13 heteroatoms. The van der Waals surface area contributed by atoms with Crippen molar-refractivity contribution in [2.45, 2.75) is 18.0 Å². The second-order valence-corrected chi connectivity index (χ2v) is 6.02. The fourth-order valence-electron chi connectivity index (χ4n) is 1.61. The van der Waals surface area contributed by atoms with Crippen molar-refractivity contribution in [2.24, 2.45) is 0 Å². The maximum atomic E-state index is 13.0. The third kappa shape index (κ3) is 4.41. The molecule has 0 saturated carbocycles. The average Bonchev–Trinajstić information content (AvgIpc) is 2.33. The fourth-order valence-corrected chi connectivity index (χ4v) is 2.51. The Kier molecular flexibility index (Phi) is 5.31. The number of rotatable bonds is 4. The zero-order valence-corrected chi connectivity index (χ0v) is 12.2. The highest BCUT2D eigenvalue weighted by Crippen LogP contribution is 2.47. The van der Waals surface area contributed by atoms with Crippen LogP contribution in [0.5, 0.6) is 0 Å². The van der Waals surface area contributed by atoms with Crippen LogP contribution in [0.25, 0.3) is 0 Å². The monoisotopic (exact) mass is 376 g/mol. The molecule has 1 N–H and O–H groups in total. The lowest BCUT2D eigenvalue weighted by Gasteiger charge is -2.35. The Labute approximate surface area is 132 Å². The van der Waals surface area contributed by atoms with Crippen LogP contribution in [0, 0.1) is 0 Å². The summed E-state index contributed by atoms with van der Waals surface area (Å²) in [5.41, 5.74) is -6.39. The first-order valence-corrected chi connectivity index (χ1v) is 7.37. The SMILES string of the molecule is [B]c1cccc(C(=O)OC(CS(=O)(=O)O)(C(F)(F)F)C(F)(F)F)c1. The van der Waals surface area contributed by atoms with E-state index in [9.17, 15) is 39.6 Å². The van der Waals surface area contributed by atoms with E-state index in [0.717, 1.165) is 18.2 Å². The van der Waals surface area contributed by atoms with Gasteiger partial charge in [0.25, 0.3) is 10.1 Å². The molecule has 132 valence electrons. The summed E-state index contributed by atoms with van der Waals surface area (Å²) in [6, 6.07) is 3.78. The Morgan fingerprint density at radius 2 is 1.62 bits per heavy atom. The molecule has 1 aromatic carbocycles. The minimum absolute atomic E-state index is 0.163. The molecular formula is C11H7BF6O5S. The molecule has 0 unspecified atom stereocenters. The third-order valence-corrected chi connectivity index (χ3v) is 3.46. The zero-order valence-electron chi connectivity index (χ0n) is 11.4. The molecule has 1 aromatic rings. The van der Waals surface area contributed by atoms with E-state index in [0.29, 0.717) is 0 Å². The molecule has 0 aliphatic carbocycles. The van der Waals surface area contributed by atoms with E-state index >= 15 is 0 Å². The van der Waals surface area contributed by atoms with Crippen molar-refractivity contribution < 1.29 is 48.8 Å². The smallest absolute Gasteiger partial charge is 0.435 e. The summed E-state index contributed by atoms with van der Waals surface area (Å²) in [6.45, 7) is 0. The van der Waals surface area contributed by atoms with Crippen molar-refractivity contribution in [3.05, 3.63) is 29.8 Å². The Morgan fingerprint density at radius 1 is 1.12 bits per heavy atom. The molecule has 1 rings (SSSR count). The van der Waals surface area contributed by atoms with Crippen LogP contribution in [0.15, 0.2) is 24.3 Å². The minimum atomic E-state index is -6.38. The molecule has 0 aliphatic rings. The topological polar surface area (TPSA) is 80.7 Å². The summed E-state index contributed by atoms with van der Waals surface area (Å²) < 4.78 is 111. The van der Waals surface area contributed by atoms with Gasteiger partial charge < -0.3 is 4.74 Å². The molecule has 0 aliphatic heterocycles. The maximum absolute atomic E-state index is 13.0. The number of esters is 1. The van der Waals surface area contributed by atoms with Gasteiger partial charge >= 0.3 is 23.9 Å². The second-order valence-electron chi connectivity index (χ2n) is 4.56. The molecule has 0 heterocycles. The number of alkyl halides is 6. The lowest BCUT2D eigenvalue weighted by Crippen LogP contribution is -2.63. The minimum Gasteiger partial charge on any atom is -0.435 e. The number of hydrogen-bond acceptors (Lipinski definition) is 4. The first-order chi connectivity index (χ1) is 10.6. The molecule has 0 saturated heterocycles. The summed E-state index contributed by atoms with van der Waals surface area (Å²) in [5.74, 6) is -5.07. The van der Waals surface area contributed by atoms with Gasteiger partial charge in [0.2, 0.25) is 0 Å². The first kappa shape index (κ1) is 20.3. The number of hydrogen-bond donors (Lipinski definition) is 1. The van der Waals surface area contributed by atoms with E-state index in [2.05, 4.69) is 4.74 Å². The molecule has 0 aromatic heterocycles. The van der Waals surface area contributed by atoms with Crippen molar-refractivity contribution in [3.8, 4) is 0 Å². The quantitative estimate of drug-likeness (QED) is 0.372. The number of carbonyl (C=O) groups excluding carboxylic acids is 1. The Balaban J connectivity index is 3.45. The predicted molar refractivity (Wildman–Crippen MR) is 68.5 cm³/mol. The van der Waals surface area contributed by atoms with Gasteiger partial charge in [-0.1, -0.05) is 23.7 Å². The highest BCUT2D eigenvalue weighted by Gasteiger charge is 2.76. The summed E-state index contributed by atoms with van der Waals surface area (Å²) in [5, 5.41) is 0. The molecule has 24 heavy (non-hydrogen) atoms. The van der Waals surface area contributed by atoms with Crippen molar-refractivity contribution in [1.29, 1.82) is 0 Å². The number of ether oxygens (including phenoxy) is 1. The van der Waals surface area contributed by atoms with Gasteiger partial charge in [-0.15, -0.1) is 0 Å². The highest BCUT2D eigenvalue weighted by atomic mass is 32.2. The lowest BCUT2D eigenvalue weighted by molar-refractivity contribution is -0.356. The predicted octanol–water partition coefficient (Wildman–Crippen LogP) is 1.39. The summed E-state index contributed by atoms with van der Waals surface area (Å²) in [6.07, 6.45) is -12.8. The first-order valence-electron chi connectivity index (χ1n) is 5.76. The van der Waals surface area contributed by atoms with Crippen molar-refractivity contribution in [2.75, 3.05) is 5.75 Å². The normalized spacial score (nSPS) is 13.6. The van der Waals surface area contributed by atoms with Gasteiger partial charge in [-0.25, -0.2) is 4.79 Å². The van der Waals surface area contributed by atoms with Crippen LogP contribution in [0.1, 0.15) is 10.4 Å². The molecule has 0 fully saturated rings. The largest absolute Gasteiger partial charge is 0.438 e. The van der Waals surface area contributed by atoms with Gasteiger partial charge in [0.15, 0.2) is 0 Å². The van der Waals surface area contributed by atoms with Gasteiger partial charge in [-0.05, 0) is 6.07 Å². The number of benzene rings is 1. The van der Waals surface area contributed by atoms with E-state index in [-0.39, 0.29) is 5.46 Å². The summed E-state index contributed by atoms with van der Waals surface area (Å²) in [4.78, 5) is 11.6. The number of halogens is 6. The maximum Gasteiger partial charge on any atom is 0.438 e. The van der Waals surface area contributed by atoms with Crippen LogP contribution in [-0.2, 0) is 14.9 Å². The molecular weight excluding hydrogens is 369 g/mol. The van der Waals surface area contributed by atoms with E-state index in [1.807, 2.05) is 0 Å². The Morgan fingerprint density at radius 3 is 2.00 bits per heavy atom. The molecule has 0 spiro atoms. The van der Waals surface area contributed by atoms with Crippen LogP contribution in [0.2, 0.25) is 0 Å². The molecule has 0 amide bonds. The van der Waals surface area contributed by atoms with E-state index in [1.165, 1.54) is 6.07 Å². The Hall–Kier alpha value is -1.76. The van der Waals surface area contributed by atoms with Crippen LogP contribution < -0.4 is 5.46 Å². The van der Waals surface area contributed by atoms with Crippen LogP contribution in [0.3, 0.4) is 0 Å². The summed E-state index contributed by atoms with van der Waals surface area (Å²) >= 11 is 0. The molecule has 0 bridgehead atoms. The highest BCUT2D eigenvalue weighted by molar-refractivity contribution is 7.85. The molecule has 2 radical (unpaired) electrons. The average molecular weight is 376 g/mol. The Bertz CT molecular complexity index is 713. The van der Waals surface area contributed by atoms with Crippen molar-refractivity contribution >= 4 is 29.4 Å².